The molecule has 0 saturated carbocycles. The molecule has 0 aliphatic carbocycles. The molecular weight excluding hydrogens is 248 g/mol. The first-order valence-electron chi connectivity index (χ1n) is 7.72. The number of aliphatic hydroxyl groups excluding tert-OH is 1. The Morgan fingerprint density at radius 3 is 2.45 bits per heavy atom. The van der Waals surface area contributed by atoms with Gasteiger partial charge in [0.2, 0.25) is 0 Å². The molecule has 0 amide bonds. The molecule has 0 aliphatic rings. The van der Waals surface area contributed by atoms with Gasteiger partial charge in [-0.15, -0.1) is 0 Å². The molecule has 0 aliphatic heterocycles. The van der Waals surface area contributed by atoms with Crippen molar-refractivity contribution in [3.63, 3.8) is 0 Å². The van der Waals surface area contributed by atoms with E-state index in [1.807, 2.05) is 0 Å². The lowest BCUT2D eigenvalue weighted by atomic mass is 10.1. The second kappa shape index (κ2) is 8.98. The van der Waals surface area contributed by atoms with Gasteiger partial charge < -0.3 is 15.3 Å². The summed E-state index contributed by atoms with van der Waals surface area (Å²) in [5, 5.41) is 12.6. The van der Waals surface area contributed by atoms with E-state index in [1.165, 1.54) is 11.3 Å². The molecule has 1 rings (SSSR count). The van der Waals surface area contributed by atoms with Crippen molar-refractivity contribution >= 4 is 5.69 Å². The minimum atomic E-state index is 0.247. The molecule has 3 nitrogen and oxygen atoms in total. The third-order valence-electron chi connectivity index (χ3n) is 3.35. The lowest BCUT2D eigenvalue weighted by Crippen LogP contribution is -2.33. The zero-order chi connectivity index (χ0) is 15.0. The Bertz CT molecular complexity index is 377. The summed E-state index contributed by atoms with van der Waals surface area (Å²) < 4.78 is 0. The number of nitrogens with one attached hydrogen (secondary N) is 1. The first kappa shape index (κ1) is 17.0. The molecule has 114 valence electrons. The summed E-state index contributed by atoms with van der Waals surface area (Å²) in [6, 6.07) is 9.00. The number of benzene rings is 1. The van der Waals surface area contributed by atoms with Gasteiger partial charge in [-0.3, -0.25) is 0 Å². The highest BCUT2D eigenvalue weighted by atomic mass is 16.3. The summed E-state index contributed by atoms with van der Waals surface area (Å²) in [6.45, 7) is 11.9. The molecule has 0 heterocycles. The Morgan fingerprint density at radius 2 is 1.85 bits per heavy atom. The molecule has 1 aromatic carbocycles. The molecule has 0 fully saturated rings. The fourth-order valence-corrected chi connectivity index (χ4v) is 2.33. The predicted molar refractivity (Wildman–Crippen MR) is 87.2 cm³/mol. The number of nitrogens with zero attached hydrogens (tertiary/aromatic N) is 1. The zero-order valence-corrected chi connectivity index (χ0v) is 13.4. The third-order valence-corrected chi connectivity index (χ3v) is 3.35. The van der Waals surface area contributed by atoms with E-state index in [0.29, 0.717) is 12.0 Å². The van der Waals surface area contributed by atoms with Gasteiger partial charge >= 0.3 is 0 Å². The normalized spacial score (nSPS) is 11.3. The number of anilines is 1. The number of para-hydroxylation sites is 1. The highest BCUT2D eigenvalue weighted by Gasteiger charge is 2.13. The van der Waals surface area contributed by atoms with E-state index in [2.05, 4.69) is 62.2 Å². The second-order valence-corrected chi connectivity index (χ2v) is 6.02. The van der Waals surface area contributed by atoms with Crippen LogP contribution in [0.3, 0.4) is 0 Å². The molecule has 20 heavy (non-hydrogen) atoms. The molecule has 0 aromatic heterocycles. The van der Waals surface area contributed by atoms with Gasteiger partial charge in [0.15, 0.2) is 0 Å². The molecule has 0 atom stereocenters. The van der Waals surface area contributed by atoms with Crippen LogP contribution in [-0.4, -0.2) is 30.8 Å². The van der Waals surface area contributed by atoms with Gasteiger partial charge in [0.05, 0.1) is 0 Å². The van der Waals surface area contributed by atoms with Crippen LogP contribution in [0, 0.1) is 5.92 Å². The van der Waals surface area contributed by atoms with E-state index >= 15 is 0 Å². The zero-order valence-electron chi connectivity index (χ0n) is 13.4. The van der Waals surface area contributed by atoms with Gasteiger partial charge in [0, 0.05) is 31.4 Å². The third kappa shape index (κ3) is 5.51. The highest BCUT2D eigenvalue weighted by Crippen LogP contribution is 2.22. The Kier molecular flexibility index (Phi) is 7.63. The number of aliphatic hydroxyl groups is 1. The second-order valence-electron chi connectivity index (χ2n) is 6.02. The molecule has 0 radical (unpaired) electrons. The van der Waals surface area contributed by atoms with Crippen LogP contribution in [0.2, 0.25) is 0 Å². The maximum Gasteiger partial charge on any atom is 0.0447 e. The van der Waals surface area contributed by atoms with Crippen LogP contribution < -0.4 is 10.2 Å². The van der Waals surface area contributed by atoms with Crippen molar-refractivity contribution in [2.24, 2.45) is 5.92 Å². The summed E-state index contributed by atoms with van der Waals surface area (Å²) >= 11 is 0. The Morgan fingerprint density at radius 1 is 1.15 bits per heavy atom. The monoisotopic (exact) mass is 278 g/mol. The predicted octanol–water partition coefficient (Wildman–Crippen LogP) is 3.03. The van der Waals surface area contributed by atoms with Gasteiger partial charge in [0.25, 0.3) is 0 Å². The molecule has 1 aromatic rings. The Balaban J connectivity index is 2.80. The molecule has 2 N–H and O–H groups in total. The molecular formula is C17H30N2O. The lowest BCUT2D eigenvalue weighted by molar-refractivity contribution is 0.288. The summed E-state index contributed by atoms with van der Waals surface area (Å²) in [5.41, 5.74) is 2.62. The summed E-state index contributed by atoms with van der Waals surface area (Å²) in [4.78, 5) is 2.38. The number of rotatable bonds is 9. The van der Waals surface area contributed by atoms with E-state index in [4.69, 9.17) is 5.11 Å². The fourth-order valence-electron chi connectivity index (χ4n) is 2.33. The minimum absolute atomic E-state index is 0.247. The van der Waals surface area contributed by atoms with Crippen LogP contribution in [0.5, 0.6) is 0 Å². The largest absolute Gasteiger partial charge is 0.396 e. The van der Waals surface area contributed by atoms with Crippen LogP contribution in [0.15, 0.2) is 24.3 Å². The summed E-state index contributed by atoms with van der Waals surface area (Å²) in [5.74, 6) is 0.665. The molecule has 0 spiro atoms. The molecule has 0 bridgehead atoms. The topological polar surface area (TPSA) is 35.5 Å². The fraction of sp³-hybridized carbons (Fsp3) is 0.647. The lowest BCUT2D eigenvalue weighted by Gasteiger charge is -2.31. The quantitative estimate of drug-likeness (QED) is 0.729. The molecule has 3 heteroatoms. The van der Waals surface area contributed by atoms with E-state index in [1.54, 1.807) is 0 Å². The van der Waals surface area contributed by atoms with Crippen molar-refractivity contribution in [3.05, 3.63) is 29.8 Å². The molecule has 0 unspecified atom stereocenters. The van der Waals surface area contributed by atoms with Crippen LogP contribution in [0.4, 0.5) is 5.69 Å². The van der Waals surface area contributed by atoms with Crippen molar-refractivity contribution in [2.45, 2.75) is 46.7 Å². The molecule has 0 saturated heterocycles. The maximum absolute atomic E-state index is 9.08. The average molecular weight is 278 g/mol. The Labute approximate surface area is 124 Å². The van der Waals surface area contributed by atoms with Crippen LogP contribution in [0.25, 0.3) is 0 Å². The summed E-state index contributed by atoms with van der Waals surface area (Å²) in [7, 11) is 0. The van der Waals surface area contributed by atoms with Crippen molar-refractivity contribution in [3.8, 4) is 0 Å². The standard InChI is InChI=1S/C17H30N2O/c1-14(2)12-18-13-16-8-5-6-9-17(16)19(15(3)4)10-7-11-20/h5-6,8-9,14-15,18,20H,7,10-13H2,1-4H3. The summed E-state index contributed by atoms with van der Waals surface area (Å²) in [6.07, 6.45) is 0.811. The van der Waals surface area contributed by atoms with Crippen molar-refractivity contribution < 1.29 is 5.11 Å². The van der Waals surface area contributed by atoms with Crippen LogP contribution in [0.1, 0.15) is 39.7 Å². The first-order chi connectivity index (χ1) is 9.56. The van der Waals surface area contributed by atoms with Crippen molar-refractivity contribution in [1.82, 2.24) is 5.32 Å². The minimum Gasteiger partial charge on any atom is -0.396 e. The smallest absolute Gasteiger partial charge is 0.0447 e. The van der Waals surface area contributed by atoms with Gasteiger partial charge in [-0.1, -0.05) is 32.0 Å². The van der Waals surface area contributed by atoms with Crippen molar-refractivity contribution in [2.75, 3.05) is 24.6 Å². The average Bonchev–Trinajstić information content (AvgIpc) is 2.40. The van der Waals surface area contributed by atoms with E-state index in [9.17, 15) is 0 Å². The van der Waals surface area contributed by atoms with Crippen LogP contribution in [-0.2, 0) is 6.54 Å². The van der Waals surface area contributed by atoms with Crippen molar-refractivity contribution in [1.29, 1.82) is 0 Å². The van der Waals surface area contributed by atoms with Crippen LogP contribution >= 0.6 is 0 Å². The first-order valence-corrected chi connectivity index (χ1v) is 7.72. The SMILES string of the molecule is CC(C)CNCc1ccccc1N(CCCO)C(C)C. The highest BCUT2D eigenvalue weighted by molar-refractivity contribution is 5.54. The maximum atomic E-state index is 9.08. The van der Waals surface area contributed by atoms with Gasteiger partial charge in [-0.25, -0.2) is 0 Å². The Hall–Kier alpha value is -1.06. The number of hydrogen-bond donors (Lipinski definition) is 2. The number of hydrogen-bond acceptors (Lipinski definition) is 3. The van der Waals surface area contributed by atoms with E-state index in [0.717, 1.165) is 26.1 Å². The van der Waals surface area contributed by atoms with E-state index in [-0.39, 0.29) is 6.61 Å². The van der Waals surface area contributed by atoms with Gasteiger partial charge in [0.1, 0.15) is 0 Å². The van der Waals surface area contributed by atoms with Gasteiger partial charge in [-0.2, -0.15) is 0 Å². The van der Waals surface area contributed by atoms with Gasteiger partial charge in [-0.05, 0) is 44.4 Å². The van der Waals surface area contributed by atoms with E-state index < -0.39 is 0 Å².